The first-order chi connectivity index (χ1) is 8.33. The molecule has 0 amide bonds. The molecular formula is C13H14N2S2. The lowest BCUT2D eigenvalue weighted by molar-refractivity contribution is 0.639. The van der Waals surface area contributed by atoms with Crippen molar-refractivity contribution in [2.24, 2.45) is 0 Å². The minimum absolute atomic E-state index is 0.607. The van der Waals surface area contributed by atoms with Gasteiger partial charge in [-0.25, -0.2) is 9.97 Å². The van der Waals surface area contributed by atoms with Gasteiger partial charge in [-0.3, -0.25) is 0 Å². The van der Waals surface area contributed by atoms with Gasteiger partial charge in [0.1, 0.15) is 0 Å². The molecule has 88 valence electrons. The number of nitrogens with zero attached hydrogens (tertiary/aromatic N) is 2. The zero-order chi connectivity index (χ0) is 11.8. The fourth-order valence-electron chi connectivity index (χ4n) is 2.14. The summed E-state index contributed by atoms with van der Waals surface area (Å²) in [6, 6.07) is 4.17. The maximum Gasteiger partial charge on any atom is 0.0969 e. The Hall–Kier alpha value is -1.00. The lowest BCUT2D eigenvalue weighted by Gasteiger charge is -2.06. The fraction of sp³-hybridized carbons (Fsp3) is 0.385. The van der Waals surface area contributed by atoms with E-state index in [-0.39, 0.29) is 0 Å². The molecule has 0 saturated heterocycles. The molecule has 2 heterocycles. The van der Waals surface area contributed by atoms with Crippen LogP contribution in [0.1, 0.15) is 37.6 Å². The van der Waals surface area contributed by atoms with E-state index in [4.69, 9.17) is 4.98 Å². The summed E-state index contributed by atoms with van der Waals surface area (Å²) >= 11 is 3.56. The van der Waals surface area contributed by atoms with E-state index in [0.29, 0.717) is 5.92 Å². The number of hydrogen-bond acceptors (Lipinski definition) is 4. The van der Waals surface area contributed by atoms with Crippen molar-refractivity contribution in [3.63, 3.8) is 0 Å². The quantitative estimate of drug-likeness (QED) is 0.677. The monoisotopic (exact) mass is 262 g/mol. The topological polar surface area (TPSA) is 25.8 Å². The van der Waals surface area contributed by atoms with Crippen molar-refractivity contribution >= 4 is 43.1 Å². The smallest absolute Gasteiger partial charge is 0.0969 e. The minimum Gasteiger partial charge on any atom is -0.245 e. The van der Waals surface area contributed by atoms with E-state index in [1.165, 1.54) is 27.2 Å². The standard InChI is InChI=1S/C13H14N2S2/c1-3-8(4-2)13-15-10-6-5-9-11(12(10)17-13)16-7-14-9/h5-8H,3-4H2,1-2H3. The van der Waals surface area contributed by atoms with Gasteiger partial charge in [0.15, 0.2) is 0 Å². The maximum atomic E-state index is 4.78. The van der Waals surface area contributed by atoms with Crippen LogP contribution in [0.15, 0.2) is 17.6 Å². The molecule has 0 aliphatic heterocycles. The molecule has 3 aromatic rings. The Balaban J connectivity index is 2.23. The third-order valence-corrected chi connectivity index (χ3v) is 5.45. The van der Waals surface area contributed by atoms with Gasteiger partial charge in [0.2, 0.25) is 0 Å². The summed E-state index contributed by atoms with van der Waals surface area (Å²) in [4.78, 5) is 9.14. The van der Waals surface area contributed by atoms with Crippen molar-refractivity contribution in [3.8, 4) is 0 Å². The van der Waals surface area contributed by atoms with E-state index in [1.807, 2.05) is 16.8 Å². The Bertz CT molecular complexity index is 650. The van der Waals surface area contributed by atoms with Crippen molar-refractivity contribution in [1.82, 2.24) is 9.97 Å². The lowest BCUT2D eigenvalue weighted by atomic mass is 10.1. The third kappa shape index (κ3) is 1.76. The van der Waals surface area contributed by atoms with Crippen LogP contribution in [0, 0.1) is 0 Å². The highest BCUT2D eigenvalue weighted by Gasteiger charge is 2.14. The number of thiazole rings is 2. The van der Waals surface area contributed by atoms with Crippen molar-refractivity contribution in [2.45, 2.75) is 32.6 Å². The van der Waals surface area contributed by atoms with Crippen LogP contribution in [-0.2, 0) is 0 Å². The molecule has 0 aliphatic rings. The van der Waals surface area contributed by atoms with Crippen molar-refractivity contribution in [2.75, 3.05) is 0 Å². The molecule has 0 spiro atoms. The summed E-state index contributed by atoms with van der Waals surface area (Å²) in [6.07, 6.45) is 2.34. The van der Waals surface area contributed by atoms with Gasteiger partial charge < -0.3 is 0 Å². The van der Waals surface area contributed by atoms with Crippen LogP contribution < -0.4 is 0 Å². The van der Waals surface area contributed by atoms with Gasteiger partial charge in [0.05, 0.1) is 31.0 Å². The highest BCUT2D eigenvalue weighted by Crippen LogP contribution is 2.36. The van der Waals surface area contributed by atoms with E-state index in [0.717, 1.165) is 11.0 Å². The van der Waals surface area contributed by atoms with E-state index >= 15 is 0 Å². The molecular weight excluding hydrogens is 248 g/mol. The second kappa shape index (κ2) is 4.35. The molecule has 17 heavy (non-hydrogen) atoms. The first-order valence-electron chi connectivity index (χ1n) is 5.96. The van der Waals surface area contributed by atoms with Crippen LogP contribution in [0.4, 0.5) is 0 Å². The van der Waals surface area contributed by atoms with Gasteiger partial charge >= 0.3 is 0 Å². The Kier molecular flexibility index (Phi) is 2.84. The van der Waals surface area contributed by atoms with E-state index in [1.54, 1.807) is 11.3 Å². The summed E-state index contributed by atoms with van der Waals surface area (Å²) in [5, 5.41) is 1.28. The molecule has 0 fully saturated rings. The summed E-state index contributed by atoms with van der Waals surface area (Å²) in [6.45, 7) is 4.48. The van der Waals surface area contributed by atoms with Gasteiger partial charge in [-0.15, -0.1) is 22.7 Å². The van der Waals surface area contributed by atoms with Crippen LogP contribution in [0.25, 0.3) is 20.4 Å². The van der Waals surface area contributed by atoms with Crippen molar-refractivity contribution in [3.05, 3.63) is 22.7 Å². The lowest BCUT2D eigenvalue weighted by Crippen LogP contribution is -1.93. The van der Waals surface area contributed by atoms with Gasteiger partial charge in [-0.1, -0.05) is 13.8 Å². The predicted molar refractivity (Wildman–Crippen MR) is 76.1 cm³/mol. The largest absolute Gasteiger partial charge is 0.245 e. The van der Waals surface area contributed by atoms with E-state index < -0.39 is 0 Å². The van der Waals surface area contributed by atoms with Gasteiger partial charge in [-0.2, -0.15) is 0 Å². The highest BCUT2D eigenvalue weighted by atomic mass is 32.1. The van der Waals surface area contributed by atoms with Crippen LogP contribution in [0.3, 0.4) is 0 Å². The Morgan fingerprint density at radius 2 is 1.88 bits per heavy atom. The molecule has 3 rings (SSSR count). The normalized spacial score (nSPS) is 11.9. The molecule has 1 aromatic carbocycles. The average Bonchev–Trinajstić information content (AvgIpc) is 2.95. The zero-order valence-corrected chi connectivity index (χ0v) is 11.6. The van der Waals surface area contributed by atoms with Crippen LogP contribution in [0.2, 0.25) is 0 Å². The highest BCUT2D eigenvalue weighted by molar-refractivity contribution is 7.26. The van der Waals surface area contributed by atoms with E-state index in [9.17, 15) is 0 Å². The van der Waals surface area contributed by atoms with Crippen LogP contribution in [-0.4, -0.2) is 9.97 Å². The Labute approximate surface area is 108 Å². The van der Waals surface area contributed by atoms with Gasteiger partial charge in [0, 0.05) is 5.92 Å². The Morgan fingerprint density at radius 3 is 2.65 bits per heavy atom. The van der Waals surface area contributed by atoms with Crippen molar-refractivity contribution < 1.29 is 0 Å². The maximum absolute atomic E-state index is 4.78. The second-order valence-electron chi connectivity index (χ2n) is 4.18. The van der Waals surface area contributed by atoms with Crippen LogP contribution in [0.5, 0.6) is 0 Å². The zero-order valence-electron chi connectivity index (χ0n) is 9.93. The summed E-state index contributed by atoms with van der Waals surface area (Å²) in [7, 11) is 0. The molecule has 0 bridgehead atoms. The number of aromatic nitrogens is 2. The summed E-state index contributed by atoms with van der Waals surface area (Å²) in [5.41, 5.74) is 4.15. The predicted octanol–water partition coefficient (Wildman–Crippen LogP) is 4.81. The van der Waals surface area contributed by atoms with Crippen LogP contribution >= 0.6 is 22.7 Å². The Morgan fingerprint density at radius 1 is 1.12 bits per heavy atom. The SMILES string of the molecule is CCC(CC)c1nc2ccc3ncsc3c2s1. The third-order valence-electron chi connectivity index (χ3n) is 3.21. The molecule has 4 heteroatoms. The van der Waals surface area contributed by atoms with Gasteiger partial charge in [-0.05, 0) is 25.0 Å². The number of fused-ring (bicyclic) bond motifs is 3. The molecule has 0 radical (unpaired) electrons. The molecule has 2 nitrogen and oxygen atoms in total. The first kappa shape index (κ1) is 11.1. The molecule has 0 saturated carbocycles. The van der Waals surface area contributed by atoms with Crippen molar-refractivity contribution in [1.29, 1.82) is 0 Å². The fourth-order valence-corrected chi connectivity index (χ4v) is 4.40. The molecule has 0 N–H and O–H groups in total. The average molecular weight is 262 g/mol. The molecule has 0 unspecified atom stereocenters. The molecule has 2 aromatic heterocycles. The number of hydrogen-bond donors (Lipinski definition) is 0. The molecule has 0 aliphatic carbocycles. The summed E-state index contributed by atoms with van der Waals surface area (Å²) < 4.78 is 2.60. The summed E-state index contributed by atoms with van der Waals surface area (Å²) in [5.74, 6) is 0.607. The van der Waals surface area contributed by atoms with Gasteiger partial charge in [0.25, 0.3) is 0 Å². The number of rotatable bonds is 3. The first-order valence-corrected chi connectivity index (χ1v) is 7.65. The second-order valence-corrected chi connectivity index (χ2v) is 6.07. The number of benzene rings is 1. The minimum atomic E-state index is 0.607. The molecule has 0 atom stereocenters. The van der Waals surface area contributed by atoms with E-state index in [2.05, 4.69) is 31.0 Å².